The maximum atomic E-state index is 11.8. The Balaban J connectivity index is 2.03. The minimum atomic E-state index is -0.375. The van der Waals surface area contributed by atoms with Gasteiger partial charge in [0.2, 0.25) is 0 Å². The normalized spacial score (nSPS) is 10.3. The zero-order valence-corrected chi connectivity index (χ0v) is 11.3. The van der Waals surface area contributed by atoms with Crippen LogP contribution < -0.4 is 5.73 Å². The zero-order valence-electron chi connectivity index (χ0n) is 9.77. The highest BCUT2D eigenvalue weighted by atomic mass is 35.5. The van der Waals surface area contributed by atoms with Crippen molar-refractivity contribution in [3.63, 3.8) is 0 Å². The van der Waals surface area contributed by atoms with Gasteiger partial charge in [-0.15, -0.1) is 11.3 Å². The van der Waals surface area contributed by atoms with Crippen molar-refractivity contribution in [2.45, 2.75) is 13.5 Å². The van der Waals surface area contributed by atoms with Crippen molar-refractivity contribution in [2.75, 3.05) is 5.73 Å². The molecule has 0 radical (unpaired) electrons. The maximum Gasteiger partial charge on any atom is 0.348 e. The predicted octanol–water partition coefficient (Wildman–Crippen LogP) is 3.65. The number of ether oxygens (including phenoxy) is 1. The van der Waals surface area contributed by atoms with Gasteiger partial charge >= 0.3 is 5.97 Å². The minimum absolute atomic E-state index is 0.162. The van der Waals surface area contributed by atoms with E-state index < -0.39 is 0 Å². The van der Waals surface area contributed by atoms with Crippen LogP contribution >= 0.6 is 22.9 Å². The third-order valence-corrected chi connectivity index (χ3v) is 3.89. The Morgan fingerprint density at radius 1 is 1.44 bits per heavy atom. The predicted molar refractivity (Wildman–Crippen MR) is 74.0 cm³/mol. The van der Waals surface area contributed by atoms with Crippen LogP contribution in [-0.4, -0.2) is 5.97 Å². The SMILES string of the molecule is Cc1sc(C(=O)OCc2ccccc2Cl)cc1N. The zero-order chi connectivity index (χ0) is 13.1. The number of rotatable bonds is 3. The molecule has 2 N–H and O–H groups in total. The van der Waals surface area contributed by atoms with Gasteiger partial charge in [0, 0.05) is 21.2 Å². The summed E-state index contributed by atoms with van der Waals surface area (Å²) in [5, 5.41) is 0.590. The van der Waals surface area contributed by atoms with Gasteiger partial charge in [-0.05, 0) is 19.1 Å². The van der Waals surface area contributed by atoms with Crippen molar-refractivity contribution in [1.82, 2.24) is 0 Å². The molecule has 0 atom stereocenters. The minimum Gasteiger partial charge on any atom is -0.457 e. The van der Waals surface area contributed by atoms with E-state index in [1.807, 2.05) is 25.1 Å². The van der Waals surface area contributed by atoms with Crippen LogP contribution in [0.5, 0.6) is 0 Å². The molecule has 3 nitrogen and oxygen atoms in total. The Kier molecular flexibility index (Phi) is 3.89. The van der Waals surface area contributed by atoms with Gasteiger partial charge in [0.1, 0.15) is 11.5 Å². The molecule has 0 amide bonds. The topological polar surface area (TPSA) is 52.3 Å². The van der Waals surface area contributed by atoms with Crippen LogP contribution in [0, 0.1) is 6.92 Å². The fraction of sp³-hybridized carbons (Fsp3) is 0.154. The molecule has 0 aliphatic rings. The van der Waals surface area contributed by atoms with E-state index in [4.69, 9.17) is 22.1 Å². The smallest absolute Gasteiger partial charge is 0.348 e. The van der Waals surface area contributed by atoms with Crippen molar-refractivity contribution in [1.29, 1.82) is 0 Å². The summed E-state index contributed by atoms with van der Waals surface area (Å²) in [6, 6.07) is 8.90. The number of thiophene rings is 1. The summed E-state index contributed by atoms with van der Waals surface area (Å²) < 4.78 is 5.19. The van der Waals surface area contributed by atoms with Gasteiger partial charge < -0.3 is 10.5 Å². The Labute approximate surface area is 114 Å². The Morgan fingerprint density at radius 3 is 2.78 bits per heavy atom. The quantitative estimate of drug-likeness (QED) is 0.874. The molecular formula is C13H12ClNO2S. The molecule has 0 spiro atoms. The Bertz CT molecular complexity index is 561. The lowest BCUT2D eigenvalue weighted by Gasteiger charge is -2.04. The summed E-state index contributed by atoms with van der Waals surface area (Å²) in [6.07, 6.45) is 0. The average molecular weight is 282 g/mol. The Morgan fingerprint density at radius 2 is 2.17 bits per heavy atom. The molecule has 2 aromatic rings. The van der Waals surface area contributed by atoms with E-state index in [1.54, 1.807) is 12.1 Å². The van der Waals surface area contributed by atoms with Crippen LogP contribution in [0.3, 0.4) is 0 Å². The van der Waals surface area contributed by atoms with E-state index in [2.05, 4.69) is 0 Å². The number of aryl methyl sites for hydroxylation is 1. The lowest BCUT2D eigenvalue weighted by atomic mass is 10.2. The number of anilines is 1. The molecule has 18 heavy (non-hydrogen) atoms. The summed E-state index contributed by atoms with van der Waals surface area (Å²) in [7, 11) is 0. The molecule has 1 aromatic heterocycles. The standard InChI is InChI=1S/C13H12ClNO2S/c1-8-11(15)6-12(18-8)13(16)17-7-9-4-2-3-5-10(9)14/h2-6H,7,15H2,1H3. The fourth-order valence-electron chi connectivity index (χ4n) is 1.43. The lowest BCUT2D eigenvalue weighted by molar-refractivity contribution is 0.0479. The van der Waals surface area contributed by atoms with E-state index in [0.717, 1.165) is 10.4 Å². The molecule has 2 rings (SSSR count). The number of hydrogen-bond donors (Lipinski definition) is 1. The monoisotopic (exact) mass is 281 g/mol. The molecule has 0 fully saturated rings. The highest BCUT2D eigenvalue weighted by molar-refractivity contribution is 7.14. The number of halogens is 1. The molecule has 0 aliphatic carbocycles. The molecule has 0 saturated heterocycles. The highest BCUT2D eigenvalue weighted by Gasteiger charge is 2.13. The molecule has 1 aromatic carbocycles. The van der Waals surface area contributed by atoms with Crippen molar-refractivity contribution in [2.24, 2.45) is 0 Å². The third-order valence-electron chi connectivity index (χ3n) is 2.47. The molecule has 1 heterocycles. The number of carbonyl (C=O) groups excluding carboxylic acids is 1. The van der Waals surface area contributed by atoms with Crippen LogP contribution in [0.25, 0.3) is 0 Å². The van der Waals surface area contributed by atoms with Crippen LogP contribution in [0.1, 0.15) is 20.1 Å². The molecule has 0 unspecified atom stereocenters. The highest BCUT2D eigenvalue weighted by Crippen LogP contribution is 2.24. The van der Waals surface area contributed by atoms with Gasteiger partial charge in [-0.25, -0.2) is 4.79 Å². The molecular weight excluding hydrogens is 270 g/mol. The Hall–Kier alpha value is -1.52. The van der Waals surface area contributed by atoms with Gasteiger partial charge in [0.15, 0.2) is 0 Å². The van der Waals surface area contributed by atoms with E-state index >= 15 is 0 Å². The van der Waals surface area contributed by atoms with Crippen molar-refractivity contribution in [3.05, 3.63) is 50.7 Å². The largest absolute Gasteiger partial charge is 0.457 e. The number of carbonyl (C=O) groups is 1. The van der Waals surface area contributed by atoms with Crippen LogP contribution in [-0.2, 0) is 11.3 Å². The first-order chi connectivity index (χ1) is 8.58. The number of benzene rings is 1. The first kappa shape index (κ1) is 12.9. The molecule has 94 valence electrons. The molecule has 5 heteroatoms. The first-order valence-electron chi connectivity index (χ1n) is 5.34. The molecule has 0 saturated carbocycles. The second-order valence-electron chi connectivity index (χ2n) is 3.79. The number of nitrogen functional groups attached to an aromatic ring is 1. The van der Waals surface area contributed by atoms with Crippen molar-refractivity contribution >= 4 is 34.6 Å². The first-order valence-corrected chi connectivity index (χ1v) is 6.54. The van der Waals surface area contributed by atoms with Gasteiger partial charge in [0.25, 0.3) is 0 Å². The van der Waals surface area contributed by atoms with E-state index in [1.165, 1.54) is 11.3 Å². The summed E-state index contributed by atoms with van der Waals surface area (Å²) in [5.41, 5.74) is 7.09. The van der Waals surface area contributed by atoms with Crippen molar-refractivity contribution < 1.29 is 9.53 Å². The summed E-state index contributed by atoms with van der Waals surface area (Å²) in [4.78, 5) is 13.2. The molecule has 0 bridgehead atoms. The number of esters is 1. The van der Waals surface area contributed by atoms with E-state index in [0.29, 0.717) is 15.6 Å². The molecule has 0 aliphatic heterocycles. The summed E-state index contributed by atoms with van der Waals surface area (Å²) in [5.74, 6) is -0.375. The van der Waals surface area contributed by atoms with Gasteiger partial charge in [-0.3, -0.25) is 0 Å². The van der Waals surface area contributed by atoms with Crippen molar-refractivity contribution in [3.8, 4) is 0 Å². The lowest BCUT2D eigenvalue weighted by Crippen LogP contribution is -2.03. The van der Waals surface area contributed by atoms with E-state index in [9.17, 15) is 4.79 Å². The van der Waals surface area contributed by atoms with Crippen LogP contribution in [0.15, 0.2) is 30.3 Å². The second kappa shape index (κ2) is 5.42. The summed E-state index contributed by atoms with van der Waals surface area (Å²) in [6.45, 7) is 2.03. The van der Waals surface area contributed by atoms with Gasteiger partial charge in [-0.2, -0.15) is 0 Å². The van der Waals surface area contributed by atoms with Gasteiger partial charge in [-0.1, -0.05) is 29.8 Å². The van der Waals surface area contributed by atoms with Gasteiger partial charge in [0.05, 0.1) is 0 Å². The van der Waals surface area contributed by atoms with E-state index in [-0.39, 0.29) is 12.6 Å². The number of nitrogens with two attached hydrogens (primary N) is 1. The van der Waals surface area contributed by atoms with Crippen LogP contribution in [0.2, 0.25) is 5.02 Å². The number of hydrogen-bond acceptors (Lipinski definition) is 4. The average Bonchev–Trinajstić information content (AvgIpc) is 2.68. The maximum absolute atomic E-state index is 11.8. The third kappa shape index (κ3) is 2.83. The van der Waals surface area contributed by atoms with Crippen LogP contribution in [0.4, 0.5) is 5.69 Å². The fourth-order valence-corrected chi connectivity index (χ4v) is 2.45. The second-order valence-corrected chi connectivity index (χ2v) is 5.45. The summed E-state index contributed by atoms with van der Waals surface area (Å²) >= 11 is 7.30.